The van der Waals surface area contributed by atoms with Crippen molar-refractivity contribution in [3.8, 4) is 6.07 Å². The molecule has 1 aromatic carbocycles. The Morgan fingerprint density at radius 1 is 1.35 bits per heavy atom. The van der Waals surface area contributed by atoms with Crippen LogP contribution in [0.2, 0.25) is 0 Å². The van der Waals surface area contributed by atoms with Gasteiger partial charge < -0.3 is 14.9 Å². The van der Waals surface area contributed by atoms with Crippen molar-refractivity contribution in [2.45, 2.75) is 34.6 Å². The Morgan fingerprint density at radius 2 is 1.96 bits per heavy atom. The molecule has 0 radical (unpaired) electrons. The Hall–Kier alpha value is -2.05. The predicted octanol–water partition coefficient (Wildman–Crippen LogP) is 4.15. The van der Waals surface area contributed by atoms with Gasteiger partial charge in [-0.05, 0) is 27.1 Å². The number of nitriles is 1. The fourth-order valence-corrected chi connectivity index (χ4v) is 2.30. The molecule has 6 heteroatoms. The average Bonchev–Trinajstić information content (AvgIpc) is 2.89. The van der Waals surface area contributed by atoms with E-state index in [-0.39, 0.29) is 38.0 Å². The van der Waals surface area contributed by atoms with E-state index in [1.807, 2.05) is 30.7 Å². The number of benzene rings is 1. The number of hydrogen-bond donors (Lipinski definition) is 1. The minimum Gasteiger partial charge on any atom is -0.512 e. The fraction of sp³-hybridized carbons (Fsp3) is 0.350. The first-order valence-electron chi connectivity index (χ1n) is 7.92. The molecule has 26 heavy (non-hydrogen) atoms. The third-order valence-corrected chi connectivity index (χ3v) is 3.32. The van der Waals surface area contributed by atoms with Gasteiger partial charge in [0.15, 0.2) is 5.78 Å². The fourth-order valence-electron chi connectivity index (χ4n) is 2.30. The maximum atomic E-state index is 10.0. The normalized spacial score (nSPS) is 13.9. The summed E-state index contributed by atoms with van der Waals surface area (Å²) in [6.07, 6.45) is 3.28. The van der Waals surface area contributed by atoms with E-state index in [4.69, 9.17) is 10.4 Å². The average molecular weight is 535 g/mol. The van der Waals surface area contributed by atoms with Crippen LogP contribution in [0, 0.1) is 29.5 Å². The first-order chi connectivity index (χ1) is 11.5. The van der Waals surface area contributed by atoms with Crippen LogP contribution < -0.4 is 4.90 Å². The van der Waals surface area contributed by atoms with Crippen LogP contribution in [0.1, 0.15) is 40.2 Å². The van der Waals surface area contributed by atoms with Gasteiger partial charge >= 0.3 is 21.1 Å². The van der Waals surface area contributed by atoms with Crippen molar-refractivity contribution < 1.29 is 31.0 Å². The van der Waals surface area contributed by atoms with Gasteiger partial charge in [0.1, 0.15) is 0 Å². The van der Waals surface area contributed by atoms with E-state index in [1.165, 1.54) is 25.6 Å². The number of carbonyl (C=O) groups excluding carboxylic acids is 1. The first kappa shape index (κ1) is 23.9. The molecule has 0 atom stereocenters. The van der Waals surface area contributed by atoms with Crippen LogP contribution >= 0.6 is 0 Å². The molecule has 0 saturated carbocycles. The summed E-state index contributed by atoms with van der Waals surface area (Å²) in [6.45, 7) is 11.4. The standard InChI is InChI=1S/C15H17N3.C5H8O2.Pt/c1-15(2,3)14-10-18(11-17(14)4)13-7-5-12(9-16)6-8-13;1-4(6)3-5(2)7;/h5-7,10-11H,1-4H3;3,6H,1-2H3;/q-2;;+2/b;4-3-;. The third kappa shape index (κ3) is 7.45. The van der Waals surface area contributed by atoms with Gasteiger partial charge in [-0.2, -0.15) is 24.9 Å². The van der Waals surface area contributed by atoms with Crippen LogP contribution in [0.5, 0.6) is 0 Å². The van der Waals surface area contributed by atoms with Crippen LogP contribution in [-0.2, 0) is 25.9 Å². The van der Waals surface area contributed by atoms with Crippen molar-refractivity contribution in [2.24, 2.45) is 5.41 Å². The van der Waals surface area contributed by atoms with Gasteiger partial charge in [0.2, 0.25) is 0 Å². The van der Waals surface area contributed by atoms with Crippen LogP contribution in [0.25, 0.3) is 0 Å². The molecule has 0 saturated heterocycles. The number of anilines is 1. The van der Waals surface area contributed by atoms with E-state index >= 15 is 0 Å². The summed E-state index contributed by atoms with van der Waals surface area (Å²) in [6, 6.07) is 10.7. The predicted molar refractivity (Wildman–Crippen MR) is 99.1 cm³/mol. The molecule has 2 rings (SSSR count). The zero-order valence-corrected chi connectivity index (χ0v) is 18.2. The Labute approximate surface area is 170 Å². The Morgan fingerprint density at radius 3 is 2.27 bits per heavy atom. The summed E-state index contributed by atoms with van der Waals surface area (Å²) >= 11 is 0. The maximum absolute atomic E-state index is 10.0. The quantitative estimate of drug-likeness (QED) is 0.351. The zero-order chi connectivity index (χ0) is 19.2. The monoisotopic (exact) mass is 534 g/mol. The van der Waals surface area contributed by atoms with Crippen molar-refractivity contribution in [1.29, 1.82) is 5.26 Å². The molecular weight excluding hydrogens is 509 g/mol. The summed E-state index contributed by atoms with van der Waals surface area (Å²) in [7, 11) is 2.04. The molecule has 0 amide bonds. The van der Waals surface area contributed by atoms with Crippen molar-refractivity contribution >= 4 is 11.5 Å². The molecule has 0 aliphatic carbocycles. The van der Waals surface area contributed by atoms with Crippen LogP contribution in [0.4, 0.5) is 5.69 Å². The molecule has 0 spiro atoms. The molecule has 1 aliphatic heterocycles. The van der Waals surface area contributed by atoms with Crippen molar-refractivity contribution in [3.05, 3.63) is 60.2 Å². The zero-order valence-electron chi connectivity index (χ0n) is 16.0. The number of aliphatic hydroxyl groups is 1. The van der Waals surface area contributed by atoms with Gasteiger partial charge in [0.05, 0.1) is 5.76 Å². The molecular formula is C20H25N3O2Pt. The minimum absolute atomic E-state index is 0. The second kappa shape index (κ2) is 10.2. The summed E-state index contributed by atoms with van der Waals surface area (Å²) in [5.41, 5.74) is 2.93. The number of nitrogens with zero attached hydrogens (tertiary/aromatic N) is 3. The van der Waals surface area contributed by atoms with Crippen molar-refractivity contribution in [2.75, 3.05) is 11.9 Å². The molecule has 1 aliphatic rings. The van der Waals surface area contributed by atoms with Crippen LogP contribution in [0.3, 0.4) is 0 Å². The van der Waals surface area contributed by atoms with Crippen LogP contribution in [-0.4, -0.2) is 22.8 Å². The van der Waals surface area contributed by atoms with E-state index in [0.717, 1.165) is 5.69 Å². The molecule has 1 N–H and O–H groups in total. The van der Waals surface area contributed by atoms with E-state index in [9.17, 15) is 4.79 Å². The van der Waals surface area contributed by atoms with Crippen molar-refractivity contribution in [1.82, 2.24) is 4.90 Å². The van der Waals surface area contributed by atoms with Crippen LogP contribution in [0.15, 0.2) is 41.9 Å². The van der Waals surface area contributed by atoms with Gasteiger partial charge in [-0.3, -0.25) is 4.79 Å². The molecule has 5 nitrogen and oxygen atoms in total. The van der Waals surface area contributed by atoms with E-state index < -0.39 is 0 Å². The maximum Gasteiger partial charge on any atom is 2.00 e. The first-order valence-corrected chi connectivity index (χ1v) is 7.92. The SMILES string of the molecule is CC(=O)/C=C(/C)O.CN1[CH-]N(c2[c-]cc(C#N)cc2)C=C1C(C)(C)C.[Pt+2]. The molecule has 1 heterocycles. The summed E-state index contributed by atoms with van der Waals surface area (Å²) in [5.74, 6) is -0.0625. The second-order valence-corrected chi connectivity index (χ2v) is 6.87. The third-order valence-electron chi connectivity index (χ3n) is 3.32. The van der Waals surface area contributed by atoms with Gasteiger partial charge in [0.25, 0.3) is 0 Å². The van der Waals surface area contributed by atoms with Gasteiger partial charge in [-0.25, -0.2) is 5.26 Å². The minimum atomic E-state index is -0.125. The summed E-state index contributed by atoms with van der Waals surface area (Å²) in [5, 5.41) is 17.1. The van der Waals surface area contributed by atoms with Gasteiger partial charge in [-0.1, -0.05) is 26.3 Å². The Balaban J connectivity index is 0.000000673. The topological polar surface area (TPSA) is 67.6 Å². The molecule has 0 fully saturated rings. The number of rotatable bonds is 2. The molecule has 0 bridgehead atoms. The summed E-state index contributed by atoms with van der Waals surface area (Å²) < 4.78 is 0. The number of ketones is 1. The summed E-state index contributed by atoms with van der Waals surface area (Å²) in [4.78, 5) is 14.2. The van der Waals surface area contributed by atoms with Gasteiger partial charge in [0, 0.05) is 23.3 Å². The number of carbonyl (C=O) groups is 1. The second-order valence-electron chi connectivity index (χ2n) is 6.87. The Bertz CT molecular complexity index is 706. The van der Waals surface area contributed by atoms with Crippen molar-refractivity contribution in [3.63, 3.8) is 0 Å². The smallest absolute Gasteiger partial charge is 0.512 e. The number of hydrogen-bond acceptors (Lipinski definition) is 5. The van der Waals surface area contributed by atoms with E-state index in [0.29, 0.717) is 5.56 Å². The molecule has 0 aromatic heterocycles. The van der Waals surface area contributed by atoms with E-state index in [2.05, 4.69) is 44.0 Å². The Kier molecular flexibility index (Phi) is 9.38. The molecule has 1 aromatic rings. The number of allylic oxidation sites excluding steroid dienone is 3. The molecule has 0 unspecified atom stereocenters. The number of aliphatic hydroxyl groups excluding tert-OH is 1. The largest absolute Gasteiger partial charge is 2.00 e. The van der Waals surface area contributed by atoms with E-state index in [1.54, 1.807) is 6.07 Å². The molecule has 142 valence electrons. The van der Waals surface area contributed by atoms with Gasteiger partial charge in [-0.15, -0.1) is 11.8 Å².